The quantitative estimate of drug-likeness (QED) is 0.674. The Morgan fingerprint density at radius 3 is 2.90 bits per heavy atom. The van der Waals surface area contributed by atoms with E-state index < -0.39 is 23.7 Å². The van der Waals surface area contributed by atoms with Gasteiger partial charge in [0, 0.05) is 12.2 Å². The molecule has 1 atom stereocenters. The monoisotopic (exact) mass is 280 g/mol. The number of nitrogen functional groups attached to an aromatic ring is 1. The summed E-state index contributed by atoms with van der Waals surface area (Å²) >= 11 is 0. The van der Waals surface area contributed by atoms with E-state index in [1.165, 1.54) is 17.0 Å². The Hall–Kier alpha value is -2.11. The average molecular weight is 280 g/mol. The molecule has 2 rings (SSSR count). The molecule has 1 fully saturated rings. The molecule has 108 valence electrons. The zero-order valence-corrected chi connectivity index (χ0v) is 11.3. The van der Waals surface area contributed by atoms with Gasteiger partial charge in [0.15, 0.2) is 0 Å². The molecule has 0 aliphatic carbocycles. The number of ether oxygens (including phenoxy) is 1. The number of hydrogen-bond acceptors (Lipinski definition) is 4. The lowest BCUT2D eigenvalue weighted by molar-refractivity contribution is -0.147. The van der Waals surface area contributed by atoms with Gasteiger partial charge in [-0.2, -0.15) is 0 Å². The first kappa shape index (κ1) is 14.3. The lowest BCUT2D eigenvalue weighted by atomic mass is 10.1. The number of nitrogens with two attached hydrogens (primary N) is 1. The second kappa shape index (κ2) is 5.90. The highest BCUT2D eigenvalue weighted by atomic mass is 19.1. The number of benzene rings is 1. The van der Waals surface area contributed by atoms with Gasteiger partial charge in [-0.25, -0.2) is 9.18 Å². The number of nitrogens with zero attached hydrogens (tertiary/aromatic N) is 1. The lowest BCUT2D eigenvalue weighted by Gasteiger charge is -2.23. The van der Waals surface area contributed by atoms with Crippen LogP contribution in [-0.2, 0) is 9.53 Å². The Bertz CT molecular complexity index is 533. The standard InChI is InChI=1S/C14H17FN2O3/c1-2-20-14(19)12-4-3-7-17(12)13(18)10-6-5-9(16)8-11(10)15/h5-6,8,12H,2-4,7,16H2,1H3. The molecule has 1 heterocycles. The van der Waals surface area contributed by atoms with Crippen molar-refractivity contribution in [1.29, 1.82) is 0 Å². The van der Waals surface area contributed by atoms with Crippen molar-refractivity contribution in [2.24, 2.45) is 0 Å². The van der Waals surface area contributed by atoms with E-state index in [0.29, 0.717) is 19.4 Å². The summed E-state index contributed by atoms with van der Waals surface area (Å²) in [6.45, 7) is 2.39. The summed E-state index contributed by atoms with van der Waals surface area (Å²) in [5, 5.41) is 0. The van der Waals surface area contributed by atoms with Gasteiger partial charge in [0.1, 0.15) is 11.9 Å². The Kier molecular flexibility index (Phi) is 4.22. The highest BCUT2D eigenvalue weighted by Gasteiger charge is 2.36. The van der Waals surface area contributed by atoms with E-state index in [1.54, 1.807) is 6.92 Å². The van der Waals surface area contributed by atoms with E-state index in [1.807, 2.05) is 0 Å². The molecule has 1 unspecified atom stereocenters. The minimum absolute atomic E-state index is 0.0737. The van der Waals surface area contributed by atoms with Crippen LogP contribution in [0.25, 0.3) is 0 Å². The average Bonchev–Trinajstić information content (AvgIpc) is 2.87. The smallest absolute Gasteiger partial charge is 0.328 e. The maximum atomic E-state index is 13.8. The van der Waals surface area contributed by atoms with Gasteiger partial charge in [-0.05, 0) is 38.0 Å². The fraction of sp³-hybridized carbons (Fsp3) is 0.429. The van der Waals surface area contributed by atoms with Crippen molar-refractivity contribution >= 4 is 17.6 Å². The molecule has 1 aromatic rings. The molecule has 1 saturated heterocycles. The van der Waals surface area contributed by atoms with Crippen LogP contribution in [-0.4, -0.2) is 36.0 Å². The van der Waals surface area contributed by atoms with Crippen molar-refractivity contribution in [1.82, 2.24) is 4.90 Å². The number of esters is 1. The maximum Gasteiger partial charge on any atom is 0.328 e. The van der Waals surface area contributed by atoms with Crippen molar-refractivity contribution in [3.8, 4) is 0 Å². The van der Waals surface area contributed by atoms with Crippen molar-refractivity contribution in [3.05, 3.63) is 29.6 Å². The second-order valence-electron chi connectivity index (χ2n) is 4.65. The minimum atomic E-state index is -0.676. The molecule has 5 nitrogen and oxygen atoms in total. The molecule has 0 spiro atoms. The predicted octanol–water partition coefficient (Wildman–Crippen LogP) is 1.58. The largest absolute Gasteiger partial charge is 0.464 e. The summed E-state index contributed by atoms with van der Waals surface area (Å²) in [6, 6.07) is 3.28. The van der Waals surface area contributed by atoms with Crippen molar-refractivity contribution in [2.45, 2.75) is 25.8 Å². The summed E-state index contributed by atoms with van der Waals surface area (Å²) in [7, 11) is 0. The van der Waals surface area contributed by atoms with E-state index in [0.717, 1.165) is 6.07 Å². The van der Waals surface area contributed by atoms with Crippen LogP contribution >= 0.6 is 0 Å². The summed E-state index contributed by atoms with van der Waals surface area (Å²) in [5.41, 5.74) is 5.64. The first-order chi connectivity index (χ1) is 9.54. The topological polar surface area (TPSA) is 72.6 Å². The fourth-order valence-corrected chi connectivity index (χ4v) is 2.35. The predicted molar refractivity (Wildman–Crippen MR) is 71.5 cm³/mol. The number of hydrogen-bond donors (Lipinski definition) is 1. The third-order valence-corrected chi connectivity index (χ3v) is 3.30. The van der Waals surface area contributed by atoms with Crippen LogP contribution in [0, 0.1) is 5.82 Å². The number of carbonyl (C=O) groups excluding carboxylic acids is 2. The molecule has 0 radical (unpaired) electrons. The molecule has 20 heavy (non-hydrogen) atoms. The number of amides is 1. The SMILES string of the molecule is CCOC(=O)C1CCCN1C(=O)c1ccc(N)cc1F. The van der Waals surface area contributed by atoms with Crippen LogP contribution < -0.4 is 5.73 Å². The van der Waals surface area contributed by atoms with Gasteiger partial charge in [-0.15, -0.1) is 0 Å². The number of rotatable bonds is 3. The number of anilines is 1. The molecular weight excluding hydrogens is 263 g/mol. The van der Waals surface area contributed by atoms with E-state index in [2.05, 4.69) is 0 Å². The van der Waals surface area contributed by atoms with Crippen LogP contribution in [0.15, 0.2) is 18.2 Å². The van der Waals surface area contributed by atoms with Crippen LogP contribution in [0.4, 0.5) is 10.1 Å². The molecule has 1 amide bonds. The van der Waals surface area contributed by atoms with E-state index in [4.69, 9.17) is 10.5 Å². The number of carbonyl (C=O) groups is 2. The van der Waals surface area contributed by atoms with Crippen molar-refractivity contribution in [2.75, 3.05) is 18.9 Å². The van der Waals surface area contributed by atoms with E-state index in [-0.39, 0.29) is 17.9 Å². The molecule has 0 bridgehead atoms. The second-order valence-corrected chi connectivity index (χ2v) is 4.65. The zero-order valence-electron chi connectivity index (χ0n) is 11.3. The molecule has 2 N–H and O–H groups in total. The summed E-state index contributed by atoms with van der Waals surface area (Å²) in [5.74, 6) is -1.61. The first-order valence-electron chi connectivity index (χ1n) is 6.57. The number of halogens is 1. The Balaban J connectivity index is 2.21. The van der Waals surface area contributed by atoms with Crippen molar-refractivity contribution in [3.63, 3.8) is 0 Å². The molecule has 1 aromatic carbocycles. The van der Waals surface area contributed by atoms with Crippen molar-refractivity contribution < 1.29 is 18.7 Å². The molecule has 1 aliphatic rings. The highest BCUT2D eigenvalue weighted by Crippen LogP contribution is 2.23. The summed E-state index contributed by atoms with van der Waals surface area (Å²) < 4.78 is 18.7. The highest BCUT2D eigenvalue weighted by molar-refractivity contribution is 5.97. The van der Waals surface area contributed by atoms with Gasteiger partial charge in [-0.3, -0.25) is 4.79 Å². The normalized spacial score (nSPS) is 18.1. The molecule has 0 saturated carbocycles. The van der Waals surface area contributed by atoms with Gasteiger partial charge in [0.25, 0.3) is 5.91 Å². The summed E-state index contributed by atoms with van der Waals surface area (Å²) in [6.07, 6.45) is 1.24. The molecule has 1 aliphatic heterocycles. The Labute approximate surface area is 116 Å². The van der Waals surface area contributed by atoms with Crippen LogP contribution in [0.2, 0.25) is 0 Å². The maximum absolute atomic E-state index is 13.8. The molecular formula is C14H17FN2O3. The van der Waals surface area contributed by atoms with Gasteiger partial charge >= 0.3 is 5.97 Å². The van der Waals surface area contributed by atoms with E-state index >= 15 is 0 Å². The Morgan fingerprint density at radius 1 is 1.50 bits per heavy atom. The van der Waals surface area contributed by atoms with Gasteiger partial charge < -0.3 is 15.4 Å². The molecule has 0 aromatic heterocycles. The van der Waals surface area contributed by atoms with Gasteiger partial charge in [0.2, 0.25) is 0 Å². The molecule has 6 heteroatoms. The van der Waals surface area contributed by atoms with Gasteiger partial charge in [0.05, 0.1) is 12.2 Å². The number of likely N-dealkylation sites (tertiary alicyclic amines) is 1. The van der Waals surface area contributed by atoms with Crippen LogP contribution in [0.1, 0.15) is 30.1 Å². The Morgan fingerprint density at radius 2 is 2.25 bits per heavy atom. The first-order valence-corrected chi connectivity index (χ1v) is 6.57. The lowest BCUT2D eigenvalue weighted by Crippen LogP contribution is -2.41. The minimum Gasteiger partial charge on any atom is -0.464 e. The van der Waals surface area contributed by atoms with Crippen LogP contribution in [0.3, 0.4) is 0 Å². The van der Waals surface area contributed by atoms with E-state index in [9.17, 15) is 14.0 Å². The third kappa shape index (κ3) is 2.74. The van der Waals surface area contributed by atoms with Crippen LogP contribution in [0.5, 0.6) is 0 Å². The zero-order chi connectivity index (χ0) is 14.7. The van der Waals surface area contributed by atoms with Gasteiger partial charge in [-0.1, -0.05) is 0 Å². The fourth-order valence-electron chi connectivity index (χ4n) is 2.35. The summed E-state index contributed by atoms with van der Waals surface area (Å²) in [4.78, 5) is 25.5. The third-order valence-electron chi connectivity index (χ3n) is 3.30.